The van der Waals surface area contributed by atoms with Crippen LogP contribution in [-0.2, 0) is 11.2 Å². The molecule has 0 unspecified atom stereocenters. The molecule has 0 aliphatic carbocycles. The first-order valence-electron chi connectivity index (χ1n) is 11.1. The molecule has 1 aromatic heterocycles. The molecule has 10 heteroatoms. The first-order valence-corrected chi connectivity index (χ1v) is 11.1. The molecule has 1 heterocycles. The van der Waals surface area contributed by atoms with Crippen molar-refractivity contribution in [1.29, 1.82) is 0 Å². The van der Waals surface area contributed by atoms with Crippen molar-refractivity contribution < 1.29 is 32.5 Å². The highest BCUT2D eigenvalue weighted by molar-refractivity contribution is 5.81. The summed E-state index contributed by atoms with van der Waals surface area (Å²) in [6, 6.07) is 18.3. The highest BCUT2D eigenvalue weighted by Crippen LogP contribution is 2.35. The fourth-order valence-corrected chi connectivity index (χ4v) is 4.05. The quantitative estimate of drug-likeness (QED) is 0.281. The molecule has 0 saturated heterocycles. The maximum atomic E-state index is 12.5. The summed E-state index contributed by atoms with van der Waals surface area (Å²) in [6.07, 6.45) is -4.41. The van der Waals surface area contributed by atoms with E-state index in [1.54, 1.807) is 7.11 Å². The van der Waals surface area contributed by atoms with E-state index in [0.29, 0.717) is 29.3 Å². The van der Waals surface area contributed by atoms with Gasteiger partial charge in [0, 0.05) is 17.7 Å². The van der Waals surface area contributed by atoms with Crippen LogP contribution in [0.15, 0.2) is 66.7 Å². The van der Waals surface area contributed by atoms with E-state index in [1.165, 1.54) is 24.3 Å². The predicted molar refractivity (Wildman–Crippen MR) is 129 cm³/mol. The number of nitrogens with one attached hydrogen (secondary N) is 1. The molecule has 0 spiro atoms. The lowest BCUT2D eigenvalue weighted by Crippen LogP contribution is -2.17. The Bertz CT molecular complexity index is 1370. The number of rotatable bonds is 9. The number of fused-ring (bicyclic) bond motifs is 1. The van der Waals surface area contributed by atoms with Gasteiger partial charge in [-0.05, 0) is 61.4 Å². The van der Waals surface area contributed by atoms with Crippen LogP contribution in [0.1, 0.15) is 30.5 Å². The molecule has 0 aliphatic heterocycles. The van der Waals surface area contributed by atoms with E-state index in [9.17, 15) is 18.0 Å². The normalized spacial score (nSPS) is 12.4. The lowest BCUT2D eigenvalue weighted by molar-refractivity contribution is -0.274. The van der Waals surface area contributed by atoms with E-state index in [4.69, 9.17) is 14.8 Å². The van der Waals surface area contributed by atoms with E-state index in [0.717, 1.165) is 16.6 Å². The zero-order chi connectivity index (χ0) is 25.9. The summed E-state index contributed by atoms with van der Waals surface area (Å²) in [5.74, 6) is -0.0504. The second-order valence-electron chi connectivity index (χ2n) is 8.14. The number of para-hydroxylation sites is 1. The van der Waals surface area contributed by atoms with Crippen LogP contribution in [-0.4, -0.2) is 34.1 Å². The van der Waals surface area contributed by atoms with Crippen LogP contribution >= 0.6 is 0 Å². The number of methoxy groups -OCH3 is 1. The van der Waals surface area contributed by atoms with Gasteiger partial charge in [0.1, 0.15) is 11.5 Å². The molecule has 0 saturated carbocycles. The molecular weight excluding hydrogens is 475 g/mol. The summed E-state index contributed by atoms with van der Waals surface area (Å²) >= 11 is 0. The standard InChI is InChI=1S/C26H24F3N3O4/c1-16(20-5-3-4-6-23(20)35-2)32-22-13-7-17(8-14-24(33)34)15-21(22)31-25(32)30-18-9-11-19(12-10-18)36-26(27,28)29/h3-7,9-13,15-16H,8,14H2,1-2H3,(H,30,31)(H,33,34)/t16-/m0/s1. The molecule has 188 valence electrons. The Morgan fingerprint density at radius 1 is 1.11 bits per heavy atom. The van der Waals surface area contributed by atoms with Gasteiger partial charge in [-0.1, -0.05) is 24.3 Å². The summed E-state index contributed by atoms with van der Waals surface area (Å²) in [5, 5.41) is 12.2. The average molecular weight is 499 g/mol. The molecule has 2 N–H and O–H groups in total. The van der Waals surface area contributed by atoms with Gasteiger partial charge in [0.25, 0.3) is 0 Å². The Morgan fingerprint density at radius 2 is 1.83 bits per heavy atom. The van der Waals surface area contributed by atoms with Gasteiger partial charge in [0.05, 0.1) is 24.2 Å². The number of ether oxygens (including phenoxy) is 2. The predicted octanol–water partition coefficient (Wildman–Crippen LogP) is 6.31. The maximum Gasteiger partial charge on any atom is 0.573 e. The molecule has 0 aliphatic rings. The summed E-state index contributed by atoms with van der Waals surface area (Å²) < 4.78 is 49.0. The zero-order valence-electron chi connectivity index (χ0n) is 19.5. The monoisotopic (exact) mass is 499 g/mol. The van der Waals surface area contributed by atoms with Gasteiger partial charge in [-0.2, -0.15) is 0 Å². The lowest BCUT2D eigenvalue weighted by atomic mass is 10.1. The van der Waals surface area contributed by atoms with Gasteiger partial charge in [-0.3, -0.25) is 4.79 Å². The van der Waals surface area contributed by atoms with E-state index >= 15 is 0 Å². The number of aliphatic carboxylic acids is 1. The van der Waals surface area contributed by atoms with Gasteiger partial charge >= 0.3 is 12.3 Å². The van der Waals surface area contributed by atoms with Gasteiger partial charge in [-0.25, -0.2) is 4.98 Å². The number of benzene rings is 3. The number of hydrogen-bond donors (Lipinski definition) is 2. The van der Waals surface area contributed by atoms with E-state index in [-0.39, 0.29) is 18.2 Å². The van der Waals surface area contributed by atoms with Crippen molar-refractivity contribution >= 4 is 28.6 Å². The highest BCUT2D eigenvalue weighted by Gasteiger charge is 2.31. The van der Waals surface area contributed by atoms with Crippen molar-refractivity contribution in [3.05, 3.63) is 77.9 Å². The van der Waals surface area contributed by atoms with Crippen LogP contribution in [0.3, 0.4) is 0 Å². The Kier molecular flexibility index (Phi) is 7.05. The molecule has 0 radical (unpaired) electrons. The van der Waals surface area contributed by atoms with Crippen molar-refractivity contribution in [3.8, 4) is 11.5 Å². The first-order chi connectivity index (χ1) is 17.1. The number of aryl methyl sites for hydroxylation is 1. The largest absolute Gasteiger partial charge is 0.573 e. The third kappa shape index (κ3) is 5.70. The number of alkyl halides is 3. The molecule has 0 fully saturated rings. The van der Waals surface area contributed by atoms with Crippen LogP contribution in [0.2, 0.25) is 0 Å². The van der Waals surface area contributed by atoms with Gasteiger partial charge in [0.15, 0.2) is 0 Å². The first kappa shape index (κ1) is 24.9. The molecule has 4 aromatic rings. The van der Waals surface area contributed by atoms with Crippen molar-refractivity contribution in [1.82, 2.24) is 9.55 Å². The average Bonchev–Trinajstić information content (AvgIpc) is 3.19. The van der Waals surface area contributed by atoms with E-state index < -0.39 is 12.3 Å². The lowest BCUT2D eigenvalue weighted by Gasteiger charge is -2.21. The minimum Gasteiger partial charge on any atom is -0.496 e. The summed E-state index contributed by atoms with van der Waals surface area (Å²) in [5.41, 5.74) is 3.71. The van der Waals surface area contributed by atoms with Crippen molar-refractivity contribution in [2.24, 2.45) is 0 Å². The molecule has 0 bridgehead atoms. The summed E-state index contributed by atoms with van der Waals surface area (Å²) in [7, 11) is 1.59. The zero-order valence-corrected chi connectivity index (χ0v) is 19.5. The van der Waals surface area contributed by atoms with Crippen molar-refractivity contribution in [3.63, 3.8) is 0 Å². The van der Waals surface area contributed by atoms with Gasteiger partial charge in [-0.15, -0.1) is 13.2 Å². The number of carboxylic acids is 1. The smallest absolute Gasteiger partial charge is 0.496 e. The number of carboxylic acid groups (broad SMARTS) is 1. The third-order valence-electron chi connectivity index (χ3n) is 5.70. The number of halogens is 3. The molecule has 36 heavy (non-hydrogen) atoms. The van der Waals surface area contributed by atoms with Crippen LogP contribution in [0.4, 0.5) is 24.8 Å². The summed E-state index contributed by atoms with van der Waals surface area (Å²) in [6.45, 7) is 1.99. The summed E-state index contributed by atoms with van der Waals surface area (Å²) in [4.78, 5) is 15.7. The Balaban J connectivity index is 1.74. The molecule has 1 atom stereocenters. The van der Waals surface area contributed by atoms with Gasteiger partial charge in [0.2, 0.25) is 5.95 Å². The number of anilines is 2. The fourth-order valence-electron chi connectivity index (χ4n) is 4.05. The third-order valence-corrected chi connectivity index (χ3v) is 5.70. The highest BCUT2D eigenvalue weighted by atomic mass is 19.4. The number of hydrogen-bond acceptors (Lipinski definition) is 5. The molecule has 7 nitrogen and oxygen atoms in total. The molecule has 3 aromatic carbocycles. The van der Waals surface area contributed by atoms with Crippen molar-refractivity contribution in [2.45, 2.75) is 32.2 Å². The number of carbonyl (C=O) groups is 1. The molecule has 0 amide bonds. The number of nitrogens with zero attached hydrogens (tertiary/aromatic N) is 2. The second-order valence-corrected chi connectivity index (χ2v) is 8.14. The topological polar surface area (TPSA) is 85.6 Å². The second kappa shape index (κ2) is 10.2. The van der Waals surface area contributed by atoms with Crippen LogP contribution in [0, 0.1) is 0 Å². The Morgan fingerprint density at radius 3 is 2.50 bits per heavy atom. The van der Waals surface area contributed by atoms with Crippen LogP contribution in [0.25, 0.3) is 11.0 Å². The number of imidazole rings is 1. The minimum absolute atomic E-state index is 0.00127. The minimum atomic E-state index is -4.77. The Labute approximate surface area is 205 Å². The molecule has 4 rings (SSSR count). The van der Waals surface area contributed by atoms with Crippen LogP contribution < -0.4 is 14.8 Å². The van der Waals surface area contributed by atoms with E-state index in [2.05, 4.69) is 10.1 Å². The van der Waals surface area contributed by atoms with Crippen molar-refractivity contribution in [2.75, 3.05) is 12.4 Å². The maximum absolute atomic E-state index is 12.5. The van der Waals surface area contributed by atoms with Crippen LogP contribution in [0.5, 0.6) is 11.5 Å². The fraction of sp³-hybridized carbons (Fsp3) is 0.231. The van der Waals surface area contributed by atoms with E-state index in [1.807, 2.05) is 54.0 Å². The van der Waals surface area contributed by atoms with Gasteiger partial charge < -0.3 is 24.5 Å². The Hall–Kier alpha value is -4.21. The number of aromatic nitrogens is 2. The SMILES string of the molecule is COc1ccccc1[C@H](C)n1c(Nc2ccc(OC(F)(F)F)cc2)nc2cc(CCC(=O)O)ccc21. The molecular formula is C26H24F3N3O4.